The van der Waals surface area contributed by atoms with Crippen LogP contribution in [0.3, 0.4) is 0 Å². The summed E-state index contributed by atoms with van der Waals surface area (Å²) in [5, 5.41) is 20.0. The summed E-state index contributed by atoms with van der Waals surface area (Å²) in [6, 6.07) is 10.1. The molecule has 164 valence electrons. The lowest BCUT2D eigenvalue weighted by atomic mass is 9.97. The van der Waals surface area contributed by atoms with Crippen LogP contribution in [0.1, 0.15) is 41.9 Å². The van der Waals surface area contributed by atoms with Gasteiger partial charge in [0.25, 0.3) is 0 Å². The maximum atomic E-state index is 9.74. The molecule has 6 nitrogen and oxygen atoms in total. The zero-order valence-corrected chi connectivity index (χ0v) is 19.0. The minimum absolute atomic E-state index is 0.0620. The van der Waals surface area contributed by atoms with Crippen molar-refractivity contribution >= 4 is 17.3 Å². The van der Waals surface area contributed by atoms with Gasteiger partial charge in [0.2, 0.25) is 0 Å². The summed E-state index contributed by atoms with van der Waals surface area (Å²) < 4.78 is 0. The Balaban J connectivity index is 1.37. The van der Waals surface area contributed by atoms with E-state index in [-0.39, 0.29) is 12.5 Å². The molecule has 3 rings (SSSR count). The van der Waals surface area contributed by atoms with Crippen molar-refractivity contribution < 1.29 is 5.11 Å². The molecular weight excluding hydrogens is 394 g/mol. The maximum Gasteiger partial charge on any atom is 0.191 e. The van der Waals surface area contributed by atoms with Gasteiger partial charge in [0.05, 0.1) is 17.3 Å². The molecule has 2 aromatic rings. The third-order valence-corrected chi connectivity index (χ3v) is 6.83. The highest BCUT2D eigenvalue weighted by molar-refractivity contribution is 7.09. The molecule has 0 amide bonds. The van der Waals surface area contributed by atoms with Gasteiger partial charge in [-0.2, -0.15) is 0 Å². The highest BCUT2D eigenvalue weighted by Gasteiger charge is 2.20. The van der Waals surface area contributed by atoms with Crippen LogP contribution in [0.2, 0.25) is 0 Å². The van der Waals surface area contributed by atoms with Crippen LogP contribution in [-0.4, -0.2) is 60.8 Å². The van der Waals surface area contributed by atoms with Crippen LogP contribution in [-0.2, 0) is 13.0 Å². The number of piperidine rings is 1. The molecule has 0 aliphatic carbocycles. The first-order valence-corrected chi connectivity index (χ1v) is 11.9. The molecule has 0 spiro atoms. The van der Waals surface area contributed by atoms with Gasteiger partial charge >= 0.3 is 0 Å². The topological polar surface area (TPSA) is 72.8 Å². The Kier molecular flexibility index (Phi) is 9.11. The molecular formula is C23H35N5OS. The van der Waals surface area contributed by atoms with Crippen LogP contribution < -0.4 is 10.6 Å². The maximum absolute atomic E-state index is 9.74. The fraction of sp³-hybridized carbons (Fsp3) is 0.565. The monoisotopic (exact) mass is 429 g/mol. The molecule has 1 atom stereocenters. The third kappa shape index (κ3) is 6.79. The number of hydrogen-bond donors (Lipinski definition) is 3. The SMILES string of the molecule is CCc1nc(CN2CCC(CNC(=NC)NCC(CO)c3ccccc3)CC2)cs1. The second kappa shape index (κ2) is 12.0. The van der Waals surface area contributed by atoms with Crippen molar-refractivity contribution in [3.8, 4) is 0 Å². The Hall–Kier alpha value is -1.96. The molecule has 30 heavy (non-hydrogen) atoms. The highest BCUT2D eigenvalue weighted by Crippen LogP contribution is 2.19. The smallest absolute Gasteiger partial charge is 0.191 e. The van der Waals surface area contributed by atoms with Gasteiger partial charge < -0.3 is 15.7 Å². The number of rotatable bonds is 9. The van der Waals surface area contributed by atoms with Gasteiger partial charge in [0.1, 0.15) is 0 Å². The van der Waals surface area contributed by atoms with Crippen LogP contribution in [0.4, 0.5) is 0 Å². The quantitative estimate of drug-likeness (QED) is 0.422. The zero-order valence-electron chi connectivity index (χ0n) is 18.2. The van der Waals surface area contributed by atoms with Crippen molar-refractivity contribution in [2.45, 2.75) is 38.6 Å². The Labute approximate surface area is 184 Å². The zero-order chi connectivity index (χ0) is 21.2. The van der Waals surface area contributed by atoms with Crippen molar-refractivity contribution in [3.63, 3.8) is 0 Å². The van der Waals surface area contributed by atoms with Crippen LogP contribution in [0.25, 0.3) is 0 Å². The second-order valence-corrected chi connectivity index (χ2v) is 8.87. The number of nitrogens with one attached hydrogen (secondary N) is 2. The first kappa shape index (κ1) is 22.7. The lowest BCUT2D eigenvalue weighted by Gasteiger charge is -2.31. The average molecular weight is 430 g/mol. The van der Waals surface area contributed by atoms with Crippen molar-refractivity contribution in [3.05, 3.63) is 52.0 Å². The van der Waals surface area contributed by atoms with Crippen molar-refractivity contribution in [2.24, 2.45) is 10.9 Å². The van der Waals surface area contributed by atoms with E-state index in [2.05, 4.69) is 45.0 Å². The van der Waals surface area contributed by atoms with E-state index < -0.39 is 0 Å². The second-order valence-electron chi connectivity index (χ2n) is 7.93. The normalized spacial score (nSPS) is 17.1. The molecule has 1 aromatic carbocycles. The Bertz CT molecular complexity index is 771. The summed E-state index contributed by atoms with van der Waals surface area (Å²) in [6.45, 7) is 7.09. The van der Waals surface area contributed by atoms with E-state index >= 15 is 0 Å². The summed E-state index contributed by atoms with van der Waals surface area (Å²) in [5.74, 6) is 1.53. The fourth-order valence-electron chi connectivity index (χ4n) is 3.86. The molecule has 1 aliphatic heterocycles. The third-order valence-electron chi connectivity index (χ3n) is 5.78. The largest absolute Gasteiger partial charge is 0.396 e. The van der Waals surface area contributed by atoms with Crippen LogP contribution in [0, 0.1) is 5.92 Å². The van der Waals surface area contributed by atoms with Gasteiger partial charge in [-0.05, 0) is 43.8 Å². The molecule has 0 bridgehead atoms. The molecule has 0 saturated carbocycles. The number of aliphatic imine (C=N–C) groups is 1. The van der Waals surface area contributed by atoms with Gasteiger partial charge in [0.15, 0.2) is 5.96 Å². The van der Waals surface area contributed by atoms with E-state index in [9.17, 15) is 5.11 Å². The molecule has 0 radical (unpaired) electrons. The number of guanidine groups is 1. The number of aliphatic hydroxyl groups is 1. The Morgan fingerprint density at radius 1 is 1.27 bits per heavy atom. The molecule has 1 unspecified atom stereocenters. The van der Waals surface area contributed by atoms with E-state index in [1.54, 1.807) is 18.4 Å². The van der Waals surface area contributed by atoms with E-state index in [1.165, 1.54) is 23.5 Å². The van der Waals surface area contributed by atoms with Crippen LogP contribution in [0.15, 0.2) is 40.7 Å². The van der Waals surface area contributed by atoms with Gasteiger partial charge in [0, 0.05) is 38.0 Å². The number of hydrogen-bond acceptors (Lipinski definition) is 5. The predicted octanol–water partition coefficient (Wildman–Crippen LogP) is 2.86. The Morgan fingerprint density at radius 2 is 2.03 bits per heavy atom. The lowest BCUT2D eigenvalue weighted by Crippen LogP contribution is -2.44. The van der Waals surface area contributed by atoms with Gasteiger partial charge in [-0.15, -0.1) is 11.3 Å². The van der Waals surface area contributed by atoms with E-state index in [1.807, 2.05) is 18.2 Å². The highest BCUT2D eigenvalue weighted by atomic mass is 32.1. The molecule has 7 heteroatoms. The summed E-state index contributed by atoms with van der Waals surface area (Å²) in [7, 11) is 1.80. The molecule has 1 aliphatic rings. The summed E-state index contributed by atoms with van der Waals surface area (Å²) >= 11 is 1.78. The molecule has 1 aromatic heterocycles. The van der Waals surface area contributed by atoms with Crippen LogP contribution >= 0.6 is 11.3 Å². The lowest BCUT2D eigenvalue weighted by molar-refractivity contribution is 0.176. The number of aliphatic hydroxyl groups excluding tert-OH is 1. The van der Waals surface area contributed by atoms with Crippen molar-refractivity contribution in [1.29, 1.82) is 0 Å². The molecule has 1 saturated heterocycles. The van der Waals surface area contributed by atoms with Gasteiger partial charge in [-0.25, -0.2) is 4.98 Å². The number of aryl methyl sites for hydroxylation is 1. The molecule has 2 heterocycles. The van der Waals surface area contributed by atoms with E-state index in [4.69, 9.17) is 4.98 Å². The first-order valence-electron chi connectivity index (χ1n) is 11.0. The minimum Gasteiger partial charge on any atom is -0.396 e. The summed E-state index contributed by atoms with van der Waals surface area (Å²) in [4.78, 5) is 11.6. The first-order chi connectivity index (χ1) is 14.7. The van der Waals surface area contributed by atoms with E-state index in [0.717, 1.165) is 44.1 Å². The molecule has 1 fully saturated rings. The van der Waals surface area contributed by atoms with Gasteiger partial charge in [-0.1, -0.05) is 37.3 Å². The Morgan fingerprint density at radius 3 is 2.67 bits per heavy atom. The minimum atomic E-state index is 0.0620. The summed E-state index contributed by atoms with van der Waals surface area (Å²) in [5.41, 5.74) is 2.36. The van der Waals surface area contributed by atoms with Crippen molar-refractivity contribution in [1.82, 2.24) is 20.5 Å². The number of thiazole rings is 1. The van der Waals surface area contributed by atoms with Crippen LogP contribution in [0.5, 0.6) is 0 Å². The van der Waals surface area contributed by atoms with Gasteiger partial charge in [-0.3, -0.25) is 9.89 Å². The fourth-order valence-corrected chi connectivity index (χ4v) is 4.59. The number of likely N-dealkylation sites (tertiary alicyclic amines) is 1. The number of benzene rings is 1. The van der Waals surface area contributed by atoms with Crippen molar-refractivity contribution in [2.75, 3.05) is 39.8 Å². The van der Waals surface area contributed by atoms with E-state index in [0.29, 0.717) is 12.5 Å². The summed E-state index contributed by atoms with van der Waals surface area (Å²) in [6.07, 6.45) is 3.41. The average Bonchev–Trinajstić information content (AvgIpc) is 3.25. The molecule has 3 N–H and O–H groups in total. The number of nitrogens with zero attached hydrogens (tertiary/aromatic N) is 3. The standard InChI is InChI=1S/C23H35N5OS/c1-3-22-27-21(17-30-22)15-28-11-9-18(10-12-28)13-25-23(24-2)26-14-20(16-29)19-7-5-4-6-8-19/h4-8,17-18,20,29H,3,9-16H2,1-2H3,(H2,24,25,26). The number of aromatic nitrogens is 1. The predicted molar refractivity (Wildman–Crippen MR) is 125 cm³/mol.